The molecule has 2 aliphatic rings. The molecule has 130 valence electrons. The second kappa shape index (κ2) is 6.39. The lowest BCUT2D eigenvalue weighted by Gasteiger charge is -2.36. The Morgan fingerprint density at radius 3 is 2.71 bits per heavy atom. The van der Waals surface area contributed by atoms with Crippen molar-refractivity contribution in [3.63, 3.8) is 0 Å². The van der Waals surface area contributed by atoms with E-state index in [0.29, 0.717) is 32.6 Å². The molecule has 2 fully saturated rings. The summed E-state index contributed by atoms with van der Waals surface area (Å²) in [7, 11) is 1.33. The smallest absolute Gasteiger partial charge is 0.308 e. The van der Waals surface area contributed by atoms with Crippen molar-refractivity contribution in [3.8, 4) is 5.75 Å². The molecular formula is C17H20FNO5. The Kier molecular flexibility index (Phi) is 4.45. The monoisotopic (exact) mass is 337 g/mol. The number of carbonyl (C=O) groups excluding carboxylic acids is 1. The first-order chi connectivity index (χ1) is 11.5. The first-order valence-electron chi connectivity index (χ1n) is 7.91. The zero-order valence-electron chi connectivity index (χ0n) is 13.5. The molecule has 1 unspecified atom stereocenters. The van der Waals surface area contributed by atoms with E-state index >= 15 is 0 Å². The van der Waals surface area contributed by atoms with E-state index in [2.05, 4.69) is 0 Å². The number of methoxy groups -OCH3 is 1. The molecule has 0 bridgehead atoms. The van der Waals surface area contributed by atoms with Gasteiger partial charge >= 0.3 is 5.97 Å². The Bertz CT molecular complexity index is 656. The van der Waals surface area contributed by atoms with Gasteiger partial charge in [-0.15, -0.1) is 0 Å². The van der Waals surface area contributed by atoms with Crippen LogP contribution in [-0.4, -0.2) is 55.3 Å². The number of rotatable bonds is 3. The molecule has 1 aromatic carbocycles. The van der Waals surface area contributed by atoms with Gasteiger partial charge in [0, 0.05) is 31.7 Å². The molecule has 1 atom stereocenters. The summed E-state index contributed by atoms with van der Waals surface area (Å²) in [5.41, 5.74) is -0.586. The molecule has 0 aromatic heterocycles. The van der Waals surface area contributed by atoms with Gasteiger partial charge in [0.05, 0.1) is 18.6 Å². The lowest BCUT2D eigenvalue weighted by molar-refractivity contribution is -0.146. The molecule has 2 saturated heterocycles. The van der Waals surface area contributed by atoms with E-state index in [0.717, 1.165) is 0 Å². The van der Waals surface area contributed by atoms with Crippen LogP contribution < -0.4 is 4.74 Å². The van der Waals surface area contributed by atoms with Gasteiger partial charge in [0.2, 0.25) is 0 Å². The van der Waals surface area contributed by atoms with Gasteiger partial charge in [-0.05, 0) is 25.0 Å². The Labute approximate surface area is 139 Å². The summed E-state index contributed by atoms with van der Waals surface area (Å²) in [4.78, 5) is 25.9. The Morgan fingerprint density at radius 2 is 2.08 bits per heavy atom. The number of carboxylic acids is 1. The average Bonchev–Trinajstić information content (AvgIpc) is 2.94. The fraction of sp³-hybridized carbons (Fsp3) is 0.529. The highest BCUT2D eigenvalue weighted by atomic mass is 19.1. The van der Waals surface area contributed by atoms with Crippen LogP contribution in [0.1, 0.15) is 23.2 Å². The molecule has 0 radical (unpaired) electrons. The molecule has 3 rings (SSSR count). The third-order valence-corrected chi connectivity index (χ3v) is 5.14. The second-order valence-corrected chi connectivity index (χ2v) is 6.37. The van der Waals surface area contributed by atoms with Crippen molar-refractivity contribution < 1.29 is 28.6 Å². The standard InChI is InChI=1S/C17H20FNO5/c1-23-13-4-2-3-11(14(13)18)15(20)19-9-12(16(21)22)17(10-19)5-7-24-8-6-17/h2-4,12H,5-10H2,1H3,(H,21,22). The first-order valence-corrected chi connectivity index (χ1v) is 7.91. The fourth-order valence-corrected chi connectivity index (χ4v) is 3.75. The fourth-order valence-electron chi connectivity index (χ4n) is 3.75. The second-order valence-electron chi connectivity index (χ2n) is 6.37. The van der Waals surface area contributed by atoms with Gasteiger partial charge in [-0.3, -0.25) is 9.59 Å². The number of likely N-dealkylation sites (tertiary alicyclic amines) is 1. The first kappa shape index (κ1) is 16.7. The van der Waals surface area contributed by atoms with E-state index in [9.17, 15) is 19.1 Å². The van der Waals surface area contributed by atoms with E-state index in [-0.39, 0.29) is 17.9 Å². The highest BCUT2D eigenvalue weighted by Gasteiger charge is 2.52. The normalized spacial score (nSPS) is 22.6. The maximum atomic E-state index is 14.4. The van der Waals surface area contributed by atoms with Gasteiger partial charge in [0.25, 0.3) is 5.91 Å². The lowest BCUT2D eigenvalue weighted by Crippen LogP contribution is -2.40. The summed E-state index contributed by atoms with van der Waals surface area (Å²) >= 11 is 0. The van der Waals surface area contributed by atoms with Crippen LogP contribution in [0, 0.1) is 17.2 Å². The zero-order valence-corrected chi connectivity index (χ0v) is 13.5. The molecule has 2 aliphatic heterocycles. The van der Waals surface area contributed by atoms with Crippen molar-refractivity contribution in [2.24, 2.45) is 11.3 Å². The third kappa shape index (κ3) is 2.73. The number of halogens is 1. The minimum absolute atomic E-state index is 0.00406. The minimum atomic E-state index is -0.918. The van der Waals surface area contributed by atoms with Gasteiger partial charge in [-0.2, -0.15) is 0 Å². The van der Waals surface area contributed by atoms with Crippen molar-refractivity contribution in [2.75, 3.05) is 33.4 Å². The number of hydrogen-bond acceptors (Lipinski definition) is 4. The predicted molar refractivity (Wildman–Crippen MR) is 82.5 cm³/mol. The number of carboxylic acid groups (broad SMARTS) is 1. The zero-order chi connectivity index (χ0) is 17.3. The minimum Gasteiger partial charge on any atom is -0.494 e. The van der Waals surface area contributed by atoms with Crippen LogP contribution in [-0.2, 0) is 9.53 Å². The van der Waals surface area contributed by atoms with Crippen molar-refractivity contribution in [2.45, 2.75) is 12.8 Å². The van der Waals surface area contributed by atoms with Crippen molar-refractivity contribution >= 4 is 11.9 Å². The summed E-state index contributed by atoms with van der Waals surface area (Å²) < 4.78 is 24.6. The number of hydrogen-bond donors (Lipinski definition) is 1. The number of carbonyl (C=O) groups is 2. The van der Waals surface area contributed by atoms with Gasteiger partial charge in [-0.1, -0.05) is 6.07 Å². The van der Waals surface area contributed by atoms with E-state index in [1.807, 2.05) is 0 Å². The number of benzene rings is 1. The van der Waals surface area contributed by atoms with Crippen LogP contribution in [0.5, 0.6) is 5.75 Å². The summed E-state index contributed by atoms with van der Waals surface area (Å²) in [5, 5.41) is 9.56. The molecular weight excluding hydrogens is 317 g/mol. The molecule has 2 heterocycles. The van der Waals surface area contributed by atoms with Gasteiger partial charge < -0.3 is 19.5 Å². The lowest BCUT2D eigenvalue weighted by atomic mass is 9.72. The predicted octanol–water partition coefficient (Wildman–Crippen LogP) is 1.79. The number of nitrogens with zero attached hydrogens (tertiary/aromatic N) is 1. The molecule has 0 saturated carbocycles. The van der Waals surface area contributed by atoms with Gasteiger partial charge in [-0.25, -0.2) is 4.39 Å². The molecule has 6 nitrogen and oxygen atoms in total. The SMILES string of the molecule is COc1cccc(C(=O)N2CC(C(=O)O)C3(CCOCC3)C2)c1F. The molecule has 7 heteroatoms. The molecule has 24 heavy (non-hydrogen) atoms. The van der Waals surface area contributed by atoms with Crippen LogP contribution in [0.3, 0.4) is 0 Å². The summed E-state index contributed by atoms with van der Waals surface area (Å²) in [5.74, 6) is -2.79. The number of amides is 1. The number of ether oxygens (including phenoxy) is 2. The topological polar surface area (TPSA) is 76.1 Å². The van der Waals surface area contributed by atoms with Gasteiger partial charge in [0.1, 0.15) is 0 Å². The maximum absolute atomic E-state index is 14.4. The molecule has 0 aliphatic carbocycles. The summed E-state index contributed by atoms with van der Waals surface area (Å²) in [6.07, 6.45) is 1.18. The van der Waals surface area contributed by atoms with E-state index in [1.54, 1.807) is 6.07 Å². The third-order valence-electron chi connectivity index (χ3n) is 5.14. The van der Waals surface area contributed by atoms with Crippen LogP contribution >= 0.6 is 0 Å². The van der Waals surface area contributed by atoms with Crippen LogP contribution in [0.2, 0.25) is 0 Å². The van der Waals surface area contributed by atoms with Crippen molar-refractivity contribution in [3.05, 3.63) is 29.6 Å². The Hall–Kier alpha value is -2.15. The Morgan fingerprint density at radius 1 is 1.38 bits per heavy atom. The van der Waals surface area contributed by atoms with Crippen molar-refractivity contribution in [1.82, 2.24) is 4.90 Å². The summed E-state index contributed by atoms with van der Waals surface area (Å²) in [6.45, 7) is 1.37. The quantitative estimate of drug-likeness (QED) is 0.910. The molecule has 1 N–H and O–H groups in total. The highest BCUT2D eigenvalue weighted by Crippen LogP contribution is 2.45. The average molecular weight is 337 g/mol. The highest BCUT2D eigenvalue weighted by molar-refractivity contribution is 5.95. The van der Waals surface area contributed by atoms with Crippen LogP contribution in [0.4, 0.5) is 4.39 Å². The number of aliphatic carboxylic acids is 1. The van der Waals surface area contributed by atoms with Gasteiger partial charge in [0.15, 0.2) is 11.6 Å². The van der Waals surface area contributed by atoms with Crippen LogP contribution in [0.25, 0.3) is 0 Å². The molecule has 1 amide bonds. The molecule has 1 spiro atoms. The molecule has 1 aromatic rings. The Balaban J connectivity index is 1.88. The van der Waals surface area contributed by atoms with E-state index in [1.165, 1.54) is 24.1 Å². The maximum Gasteiger partial charge on any atom is 0.308 e. The van der Waals surface area contributed by atoms with Crippen molar-refractivity contribution in [1.29, 1.82) is 0 Å². The van der Waals surface area contributed by atoms with Crippen LogP contribution in [0.15, 0.2) is 18.2 Å². The largest absolute Gasteiger partial charge is 0.494 e. The van der Waals surface area contributed by atoms with E-state index < -0.39 is 29.0 Å². The summed E-state index contributed by atoms with van der Waals surface area (Å²) in [6, 6.07) is 4.38. The van der Waals surface area contributed by atoms with E-state index in [4.69, 9.17) is 9.47 Å².